The van der Waals surface area contributed by atoms with Gasteiger partial charge in [-0.25, -0.2) is 9.97 Å². The maximum atomic E-state index is 6.19. The van der Waals surface area contributed by atoms with E-state index < -0.39 is 0 Å². The maximum absolute atomic E-state index is 6.19. The standard InChI is InChI=1S/C17H10ClN3S/c18-16-9-14(12-10-22-15-7-2-1-5-11(12)15)20-17(21-16)13-6-3-4-8-19-13/h1-10H. The highest BCUT2D eigenvalue weighted by Crippen LogP contribution is 2.34. The fraction of sp³-hybridized carbons (Fsp3) is 0. The van der Waals surface area contributed by atoms with Gasteiger partial charge in [-0.05, 0) is 18.2 Å². The molecule has 0 spiro atoms. The fourth-order valence-corrected chi connectivity index (χ4v) is 3.48. The molecule has 22 heavy (non-hydrogen) atoms. The number of pyridine rings is 1. The van der Waals surface area contributed by atoms with Crippen molar-refractivity contribution in [1.82, 2.24) is 15.0 Å². The van der Waals surface area contributed by atoms with Crippen molar-refractivity contribution in [2.45, 2.75) is 0 Å². The van der Waals surface area contributed by atoms with Crippen molar-refractivity contribution >= 4 is 33.0 Å². The number of benzene rings is 1. The van der Waals surface area contributed by atoms with Crippen LogP contribution in [0.4, 0.5) is 0 Å². The first-order chi connectivity index (χ1) is 10.8. The molecule has 3 aromatic heterocycles. The van der Waals surface area contributed by atoms with E-state index in [2.05, 4.69) is 32.5 Å². The lowest BCUT2D eigenvalue weighted by Gasteiger charge is -2.04. The predicted molar refractivity (Wildman–Crippen MR) is 91.1 cm³/mol. The lowest BCUT2D eigenvalue weighted by atomic mass is 10.1. The van der Waals surface area contributed by atoms with Crippen LogP contribution in [-0.2, 0) is 0 Å². The zero-order valence-corrected chi connectivity index (χ0v) is 13.0. The summed E-state index contributed by atoms with van der Waals surface area (Å²) in [5.41, 5.74) is 2.60. The van der Waals surface area contributed by atoms with Crippen LogP contribution in [0, 0.1) is 0 Å². The normalized spacial score (nSPS) is 11.0. The molecule has 0 aliphatic carbocycles. The Bertz CT molecular complexity index is 950. The van der Waals surface area contributed by atoms with E-state index in [1.807, 2.05) is 30.3 Å². The van der Waals surface area contributed by atoms with E-state index in [9.17, 15) is 0 Å². The Balaban J connectivity index is 1.91. The first-order valence-corrected chi connectivity index (χ1v) is 7.99. The number of rotatable bonds is 2. The van der Waals surface area contributed by atoms with Crippen molar-refractivity contribution in [2.24, 2.45) is 0 Å². The van der Waals surface area contributed by atoms with E-state index in [-0.39, 0.29) is 0 Å². The van der Waals surface area contributed by atoms with Gasteiger partial charge in [-0.2, -0.15) is 0 Å². The second kappa shape index (κ2) is 5.48. The fourth-order valence-electron chi connectivity index (χ4n) is 2.34. The van der Waals surface area contributed by atoms with Gasteiger partial charge in [0.15, 0.2) is 5.82 Å². The molecular formula is C17H10ClN3S. The molecule has 0 atom stereocenters. The van der Waals surface area contributed by atoms with Gasteiger partial charge in [0.05, 0.1) is 5.69 Å². The summed E-state index contributed by atoms with van der Waals surface area (Å²) in [4.78, 5) is 13.2. The molecule has 0 bridgehead atoms. The summed E-state index contributed by atoms with van der Waals surface area (Å²) in [5, 5.41) is 3.70. The Kier molecular flexibility index (Phi) is 3.33. The molecule has 0 unspecified atom stereocenters. The molecule has 0 fully saturated rings. The highest BCUT2D eigenvalue weighted by atomic mass is 35.5. The topological polar surface area (TPSA) is 38.7 Å². The van der Waals surface area contributed by atoms with Gasteiger partial charge >= 0.3 is 0 Å². The van der Waals surface area contributed by atoms with Crippen molar-refractivity contribution < 1.29 is 0 Å². The third kappa shape index (κ3) is 2.36. The SMILES string of the molecule is Clc1cc(-c2csc3ccccc23)nc(-c2ccccn2)n1. The van der Waals surface area contributed by atoms with Gasteiger partial charge in [0.2, 0.25) is 0 Å². The molecule has 0 aliphatic heterocycles. The Hall–Kier alpha value is -2.30. The van der Waals surface area contributed by atoms with Crippen molar-refractivity contribution in [3.63, 3.8) is 0 Å². The Morgan fingerprint density at radius 3 is 2.64 bits per heavy atom. The number of hydrogen-bond acceptors (Lipinski definition) is 4. The first-order valence-electron chi connectivity index (χ1n) is 6.74. The summed E-state index contributed by atoms with van der Waals surface area (Å²) in [5.74, 6) is 0.540. The maximum Gasteiger partial charge on any atom is 0.180 e. The minimum Gasteiger partial charge on any atom is -0.253 e. The summed E-state index contributed by atoms with van der Waals surface area (Å²) < 4.78 is 1.23. The molecule has 0 saturated heterocycles. The first kappa shape index (κ1) is 13.4. The molecule has 0 N–H and O–H groups in total. The number of halogens is 1. The molecule has 3 nitrogen and oxygen atoms in total. The van der Waals surface area contributed by atoms with Crippen LogP contribution in [0.25, 0.3) is 32.9 Å². The van der Waals surface area contributed by atoms with Crippen molar-refractivity contribution in [2.75, 3.05) is 0 Å². The largest absolute Gasteiger partial charge is 0.253 e. The van der Waals surface area contributed by atoms with Crippen LogP contribution >= 0.6 is 22.9 Å². The van der Waals surface area contributed by atoms with Gasteiger partial charge in [0.25, 0.3) is 0 Å². The molecule has 1 aromatic carbocycles. The van der Waals surface area contributed by atoms with E-state index in [4.69, 9.17) is 11.6 Å². The molecule has 0 amide bonds. The van der Waals surface area contributed by atoms with Crippen LogP contribution in [0.15, 0.2) is 60.1 Å². The van der Waals surface area contributed by atoms with Crippen LogP contribution in [0.1, 0.15) is 0 Å². The zero-order chi connectivity index (χ0) is 14.9. The third-order valence-corrected chi connectivity index (χ3v) is 4.50. The Labute approximate surface area is 136 Å². The average Bonchev–Trinajstić information content (AvgIpc) is 2.99. The van der Waals surface area contributed by atoms with Gasteiger partial charge in [-0.15, -0.1) is 11.3 Å². The Morgan fingerprint density at radius 2 is 1.77 bits per heavy atom. The highest BCUT2D eigenvalue weighted by molar-refractivity contribution is 7.17. The average molecular weight is 324 g/mol. The number of aromatic nitrogens is 3. The monoisotopic (exact) mass is 323 g/mol. The van der Waals surface area contributed by atoms with E-state index in [1.165, 1.54) is 10.1 Å². The van der Waals surface area contributed by atoms with Gasteiger partial charge in [-0.3, -0.25) is 4.98 Å². The number of hydrogen-bond donors (Lipinski definition) is 0. The van der Waals surface area contributed by atoms with Gasteiger partial charge < -0.3 is 0 Å². The van der Waals surface area contributed by atoms with Gasteiger partial charge in [-0.1, -0.05) is 35.9 Å². The van der Waals surface area contributed by atoms with Crippen molar-refractivity contribution in [3.8, 4) is 22.8 Å². The summed E-state index contributed by atoms with van der Waals surface area (Å²) in [6.07, 6.45) is 1.72. The summed E-state index contributed by atoms with van der Waals surface area (Å²) in [6.45, 7) is 0. The second-order valence-electron chi connectivity index (χ2n) is 4.76. The quantitative estimate of drug-likeness (QED) is 0.483. The number of nitrogens with zero attached hydrogens (tertiary/aromatic N) is 3. The minimum atomic E-state index is 0.418. The molecule has 4 aromatic rings. The van der Waals surface area contributed by atoms with Crippen LogP contribution in [-0.4, -0.2) is 15.0 Å². The van der Waals surface area contributed by atoms with E-state index in [1.54, 1.807) is 23.6 Å². The van der Waals surface area contributed by atoms with E-state index in [0.717, 1.165) is 11.3 Å². The summed E-state index contributed by atoms with van der Waals surface area (Å²) in [7, 11) is 0. The highest BCUT2D eigenvalue weighted by Gasteiger charge is 2.12. The zero-order valence-electron chi connectivity index (χ0n) is 11.4. The van der Waals surface area contributed by atoms with Crippen LogP contribution < -0.4 is 0 Å². The second-order valence-corrected chi connectivity index (χ2v) is 6.06. The number of fused-ring (bicyclic) bond motifs is 1. The Morgan fingerprint density at radius 1 is 0.909 bits per heavy atom. The van der Waals surface area contributed by atoms with E-state index in [0.29, 0.717) is 16.7 Å². The minimum absolute atomic E-state index is 0.418. The van der Waals surface area contributed by atoms with Crippen molar-refractivity contribution in [3.05, 3.63) is 65.3 Å². The lowest BCUT2D eigenvalue weighted by molar-refractivity contribution is 1.14. The molecular weight excluding hydrogens is 314 g/mol. The molecule has 106 valence electrons. The molecule has 0 saturated carbocycles. The van der Waals surface area contributed by atoms with Gasteiger partial charge in [0.1, 0.15) is 10.8 Å². The molecule has 3 heterocycles. The molecule has 4 rings (SSSR count). The van der Waals surface area contributed by atoms with Crippen LogP contribution in [0.2, 0.25) is 5.15 Å². The number of thiophene rings is 1. The molecule has 0 radical (unpaired) electrons. The van der Waals surface area contributed by atoms with Crippen molar-refractivity contribution in [1.29, 1.82) is 0 Å². The lowest BCUT2D eigenvalue weighted by Crippen LogP contribution is -1.94. The van der Waals surface area contributed by atoms with Crippen LogP contribution in [0.3, 0.4) is 0 Å². The molecule has 5 heteroatoms. The summed E-state index contributed by atoms with van der Waals surface area (Å²) in [6, 6.07) is 15.7. The molecule has 0 aliphatic rings. The van der Waals surface area contributed by atoms with Crippen LogP contribution in [0.5, 0.6) is 0 Å². The predicted octanol–water partition coefficient (Wildman–Crippen LogP) is 5.07. The third-order valence-electron chi connectivity index (χ3n) is 3.35. The van der Waals surface area contributed by atoms with E-state index >= 15 is 0 Å². The summed E-state index contributed by atoms with van der Waals surface area (Å²) >= 11 is 7.89. The van der Waals surface area contributed by atoms with Gasteiger partial charge in [0, 0.05) is 33.3 Å². The smallest absolute Gasteiger partial charge is 0.180 e.